The summed E-state index contributed by atoms with van der Waals surface area (Å²) in [6.45, 7) is 3.03. The molecular weight excluding hydrogens is 376 g/mol. The number of carboxylic acids is 1. The average molecular weight is 394 g/mol. The summed E-state index contributed by atoms with van der Waals surface area (Å²) in [5.74, 6) is -1.39. The van der Waals surface area contributed by atoms with Gasteiger partial charge in [-0.05, 0) is 37.5 Å². The fourth-order valence-corrected chi connectivity index (χ4v) is 5.10. The minimum atomic E-state index is -4.00. The Bertz CT molecular complexity index is 959. The zero-order chi connectivity index (χ0) is 18.9. The molecule has 0 unspecified atom stereocenters. The lowest BCUT2D eigenvalue weighted by Gasteiger charge is -2.19. The maximum absolute atomic E-state index is 12.8. The van der Waals surface area contributed by atoms with Crippen LogP contribution in [0.3, 0.4) is 0 Å². The summed E-state index contributed by atoms with van der Waals surface area (Å²) in [6.07, 6.45) is 1.87. The van der Waals surface area contributed by atoms with Gasteiger partial charge in [0.15, 0.2) is 0 Å². The molecule has 7 nitrogen and oxygen atoms in total. The number of rotatable bonds is 5. The Morgan fingerprint density at radius 3 is 2.54 bits per heavy atom. The highest BCUT2D eigenvalue weighted by atomic mass is 32.2. The van der Waals surface area contributed by atoms with Crippen LogP contribution in [-0.2, 0) is 10.0 Å². The van der Waals surface area contributed by atoms with E-state index in [9.17, 15) is 18.0 Å². The summed E-state index contributed by atoms with van der Waals surface area (Å²) in [5.41, 5.74) is 1.14. The molecule has 0 atom stereocenters. The molecule has 0 bridgehead atoms. The molecule has 0 aliphatic carbocycles. The van der Waals surface area contributed by atoms with Crippen molar-refractivity contribution in [2.75, 3.05) is 17.8 Å². The lowest BCUT2D eigenvalue weighted by atomic mass is 10.1. The van der Waals surface area contributed by atoms with E-state index in [4.69, 9.17) is 5.11 Å². The predicted molar refractivity (Wildman–Crippen MR) is 98.4 cm³/mol. The molecule has 9 heteroatoms. The van der Waals surface area contributed by atoms with Crippen molar-refractivity contribution in [1.82, 2.24) is 4.90 Å². The van der Waals surface area contributed by atoms with E-state index in [0.29, 0.717) is 24.2 Å². The summed E-state index contributed by atoms with van der Waals surface area (Å²) in [4.78, 5) is 25.2. The Hall–Kier alpha value is -2.39. The maximum Gasteiger partial charge on any atom is 0.345 e. The monoisotopic (exact) mass is 394 g/mol. The number of carboxylic acid groups (broad SMARTS) is 1. The van der Waals surface area contributed by atoms with E-state index in [2.05, 4.69) is 4.72 Å². The molecule has 0 spiro atoms. The van der Waals surface area contributed by atoms with Crippen LogP contribution < -0.4 is 4.72 Å². The Morgan fingerprint density at radius 2 is 1.92 bits per heavy atom. The van der Waals surface area contributed by atoms with Crippen LogP contribution in [0.5, 0.6) is 0 Å². The van der Waals surface area contributed by atoms with Crippen molar-refractivity contribution in [3.8, 4) is 0 Å². The minimum Gasteiger partial charge on any atom is -0.477 e. The van der Waals surface area contributed by atoms with Gasteiger partial charge in [0.25, 0.3) is 15.9 Å². The number of benzene rings is 1. The van der Waals surface area contributed by atoms with E-state index in [1.54, 1.807) is 30.0 Å². The van der Waals surface area contributed by atoms with Crippen LogP contribution in [0.1, 0.15) is 38.4 Å². The van der Waals surface area contributed by atoms with E-state index in [0.717, 1.165) is 30.2 Å². The third kappa shape index (κ3) is 3.58. The second kappa shape index (κ2) is 7.08. The minimum absolute atomic E-state index is 0.0662. The molecular formula is C17H18N2O5S2. The number of likely N-dealkylation sites (tertiary alicyclic amines) is 1. The molecule has 2 heterocycles. The number of carbonyl (C=O) groups is 2. The molecule has 1 aromatic carbocycles. The molecule has 1 aliphatic rings. The van der Waals surface area contributed by atoms with Crippen molar-refractivity contribution >= 4 is 38.9 Å². The normalized spacial score (nSPS) is 14.4. The highest BCUT2D eigenvalue weighted by molar-refractivity contribution is 7.92. The largest absolute Gasteiger partial charge is 0.477 e. The van der Waals surface area contributed by atoms with Crippen LogP contribution >= 0.6 is 11.3 Å². The number of nitrogens with zero attached hydrogens (tertiary/aromatic N) is 1. The van der Waals surface area contributed by atoms with Crippen LogP contribution in [0.15, 0.2) is 34.5 Å². The van der Waals surface area contributed by atoms with Crippen molar-refractivity contribution in [2.24, 2.45) is 0 Å². The second-order valence-electron chi connectivity index (χ2n) is 6.05. The fraction of sp³-hybridized carbons (Fsp3) is 0.294. The van der Waals surface area contributed by atoms with Gasteiger partial charge in [-0.15, -0.1) is 11.3 Å². The van der Waals surface area contributed by atoms with Gasteiger partial charge in [0.2, 0.25) is 0 Å². The average Bonchev–Trinajstić information content (AvgIpc) is 3.28. The van der Waals surface area contributed by atoms with Gasteiger partial charge in [-0.1, -0.05) is 12.1 Å². The first-order valence-corrected chi connectivity index (χ1v) is 10.4. The zero-order valence-corrected chi connectivity index (χ0v) is 15.7. The third-order valence-electron chi connectivity index (χ3n) is 4.23. The number of amides is 1. The zero-order valence-electron chi connectivity index (χ0n) is 14.1. The highest BCUT2D eigenvalue weighted by Crippen LogP contribution is 2.28. The van der Waals surface area contributed by atoms with Crippen molar-refractivity contribution in [2.45, 2.75) is 24.7 Å². The Labute approximate surface area is 155 Å². The molecule has 2 N–H and O–H groups in total. The second-order valence-corrected chi connectivity index (χ2v) is 8.65. The lowest BCUT2D eigenvalue weighted by Crippen LogP contribution is -2.29. The molecule has 1 aliphatic heterocycles. The quantitative estimate of drug-likeness (QED) is 0.812. The number of sulfonamides is 1. The summed E-state index contributed by atoms with van der Waals surface area (Å²) >= 11 is 0.836. The molecule has 1 fully saturated rings. The number of carbonyl (C=O) groups excluding carboxylic acids is 1. The third-order valence-corrected chi connectivity index (χ3v) is 6.63. The van der Waals surface area contributed by atoms with E-state index >= 15 is 0 Å². The van der Waals surface area contributed by atoms with Crippen molar-refractivity contribution < 1.29 is 23.1 Å². The topological polar surface area (TPSA) is 104 Å². The standard InChI is InChI=1S/C17H18N2O5S2/c1-11-5-4-6-13(16(20)19-7-2-3-8-19)15(11)18-26(23,24)12-9-14(17(21)22)25-10-12/h4-6,9-10,18H,2-3,7-8H2,1H3,(H,21,22). The first-order valence-electron chi connectivity index (χ1n) is 8.03. The Balaban J connectivity index is 1.95. The van der Waals surface area contributed by atoms with E-state index in [-0.39, 0.29) is 21.4 Å². The van der Waals surface area contributed by atoms with Crippen molar-refractivity contribution in [3.63, 3.8) is 0 Å². The van der Waals surface area contributed by atoms with Gasteiger partial charge in [-0.3, -0.25) is 9.52 Å². The number of aromatic carboxylic acids is 1. The molecule has 138 valence electrons. The molecule has 2 aromatic rings. The SMILES string of the molecule is Cc1cccc(C(=O)N2CCCC2)c1NS(=O)(=O)c1csc(C(=O)O)c1. The van der Waals surface area contributed by atoms with Gasteiger partial charge in [0, 0.05) is 18.5 Å². The fourth-order valence-electron chi connectivity index (χ4n) is 2.84. The van der Waals surface area contributed by atoms with Gasteiger partial charge in [-0.2, -0.15) is 0 Å². The van der Waals surface area contributed by atoms with Crippen molar-refractivity contribution in [3.05, 3.63) is 45.6 Å². The van der Waals surface area contributed by atoms with Crippen LogP contribution in [0.2, 0.25) is 0 Å². The number of para-hydroxylation sites is 1. The van der Waals surface area contributed by atoms with E-state index in [1.165, 1.54) is 5.38 Å². The van der Waals surface area contributed by atoms with Crippen molar-refractivity contribution in [1.29, 1.82) is 0 Å². The van der Waals surface area contributed by atoms with Crippen LogP contribution in [-0.4, -0.2) is 43.4 Å². The molecule has 26 heavy (non-hydrogen) atoms. The summed E-state index contributed by atoms with van der Waals surface area (Å²) in [7, 11) is -4.00. The Kier molecular flexibility index (Phi) is 5.01. The molecule has 0 radical (unpaired) electrons. The lowest BCUT2D eigenvalue weighted by molar-refractivity contribution is 0.0701. The summed E-state index contributed by atoms with van der Waals surface area (Å²) < 4.78 is 27.8. The maximum atomic E-state index is 12.8. The van der Waals surface area contributed by atoms with E-state index < -0.39 is 16.0 Å². The van der Waals surface area contributed by atoms with Gasteiger partial charge in [0.05, 0.1) is 16.1 Å². The first-order chi connectivity index (χ1) is 12.3. The number of nitrogens with one attached hydrogen (secondary N) is 1. The van der Waals surface area contributed by atoms with E-state index in [1.807, 2.05) is 0 Å². The number of anilines is 1. The molecule has 1 aromatic heterocycles. The smallest absolute Gasteiger partial charge is 0.345 e. The van der Waals surface area contributed by atoms with Gasteiger partial charge in [0.1, 0.15) is 4.88 Å². The highest BCUT2D eigenvalue weighted by Gasteiger charge is 2.26. The van der Waals surface area contributed by atoms with Crippen LogP contribution in [0.25, 0.3) is 0 Å². The number of hydrogen-bond donors (Lipinski definition) is 2. The van der Waals surface area contributed by atoms with Crippen LogP contribution in [0, 0.1) is 6.92 Å². The number of thiophene rings is 1. The Morgan fingerprint density at radius 1 is 1.23 bits per heavy atom. The summed E-state index contributed by atoms with van der Waals surface area (Å²) in [6, 6.07) is 6.13. The first kappa shape index (κ1) is 18.4. The van der Waals surface area contributed by atoms with Gasteiger partial charge < -0.3 is 10.0 Å². The molecule has 1 amide bonds. The predicted octanol–water partition coefficient (Wildman–Crippen LogP) is 2.79. The molecule has 3 rings (SSSR count). The van der Waals surface area contributed by atoms with Gasteiger partial charge >= 0.3 is 5.97 Å². The molecule has 0 saturated carbocycles. The van der Waals surface area contributed by atoms with Gasteiger partial charge in [-0.25, -0.2) is 13.2 Å². The number of aryl methyl sites for hydroxylation is 1. The summed E-state index contributed by atoms with van der Waals surface area (Å²) in [5, 5.41) is 10.3. The number of hydrogen-bond acceptors (Lipinski definition) is 5. The molecule has 1 saturated heterocycles. The van der Waals surface area contributed by atoms with Crippen LogP contribution in [0.4, 0.5) is 5.69 Å².